The SMILES string of the molecule is O=C(O)c1ccc(N2C[C@H]3CN(Cc4ccccc4-c4ccc(Cl)cc4)C[C@H]3C2)cc1. The van der Waals surface area contributed by atoms with E-state index < -0.39 is 5.97 Å². The highest BCUT2D eigenvalue weighted by atomic mass is 35.5. The molecule has 0 radical (unpaired) electrons. The second-order valence-corrected chi connectivity index (χ2v) is 9.07. The molecule has 2 saturated heterocycles. The summed E-state index contributed by atoms with van der Waals surface area (Å²) in [5.41, 5.74) is 5.30. The number of carboxylic acid groups (broad SMARTS) is 1. The molecule has 5 rings (SSSR count). The molecule has 2 aliphatic rings. The summed E-state index contributed by atoms with van der Waals surface area (Å²) >= 11 is 6.07. The Hall–Kier alpha value is -2.82. The predicted octanol–water partition coefficient (Wildman–Crippen LogP) is 5.27. The molecule has 3 aromatic rings. The molecule has 2 atom stereocenters. The van der Waals surface area contributed by atoms with Crippen LogP contribution in [0.1, 0.15) is 15.9 Å². The van der Waals surface area contributed by atoms with E-state index in [1.54, 1.807) is 12.1 Å². The van der Waals surface area contributed by atoms with Crippen LogP contribution in [-0.4, -0.2) is 42.2 Å². The van der Waals surface area contributed by atoms with E-state index in [0.29, 0.717) is 17.4 Å². The number of fused-ring (bicyclic) bond motifs is 1. The molecule has 0 saturated carbocycles. The zero-order chi connectivity index (χ0) is 21.4. The van der Waals surface area contributed by atoms with E-state index in [1.165, 1.54) is 16.7 Å². The summed E-state index contributed by atoms with van der Waals surface area (Å²) in [4.78, 5) is 16.1. The summed E-state index contributed by atoms with van der Waals surface area (Å²) in [6.07, 6.45) is 0. The van der Waals surface area contributed by atoms with E-state index >= 15 is 0 Å². The maximum atomic E-state index is 11.1. The topological polar surface area (TPSA) is 43.8 Å². The lowest BCUT2D eigenvalue weighted by atomic mass is 9.99. The minimum Gasteiger partial charge on any atom is -0.478 e. The van der Waals surface area contributed by atoms with Crippen molar-refractivity contribution in [3.05, 3.63) is 88.9 Å². The number of benzene rings is 3. The van der Waals surface area contributed by atoms with Gasteiger partial charge in [-0.1, -0.05) is 48.0 Å². The van der Waals surface area contributed by atoms with Crippen molar-refractivity contribution in [1.82, 2.24) is 4.90 Å². The van der Waals surface area contributed by atoms with Gasteiger partial charge >= 0.3 is 5.97 Å². The second-order valence-electron chi connectivity index (χ2n) is 8.64. The van der Waals surface area contributed by atoms with Crippen molar-refractivity contribution in [2.75, 3.05) is 31.1 Å². The molecule has 2 fully saturated rings. The summed E-state index contributed by atoms with van der Waals surface area (Å²) < 4.78 is 0. The average molecular weight is 433 g/mol. The molecular weight excluding hydrogens is 408 g/mol. The monoisotopic (exact) mass is 432 g/mol. The third kappa shape index (κ3) is 4.18. The van der Waals surface area contributed by atoms with Crippen molar-refractivity contribution in [2.24, 2.45) is 11.8 Å². The van der Waals surface area contributed by atoms with Gasteiger partial charge in [0.25, 0.3) is 0 Å². The molecule has 0 unspecified atom stereocenters. The van der Waals surface area contributed by atoms with Crippen LogP contribution in [0.4, 0.5) is 5.69 Å². The molecule has 0 aliphatic carbocycles. The first kappa shape index (κ1) is 20.1. The minimum atomic E-state index is -0.876. The molecule has 0 bridgehead atoms. The molecule has 0 spiro atoms. The van der Waals surface area contributed by atoms with Crippen molar-refractivity contribution in [3.8, 4) is 11.1 Å². The zero-order valence-corrected chi connectivity index (χ0v) is 18.0. The van der Waals surface area contributed by atoms with E-state index in [0.717, 1.165) is 43.4 Å². The Kier molecular flexibility index (Phi) is 5.43. The molecule has 0 aromatic heterocycles. The molecule has 1 N–H and O–H groups in total. The summed E-state index contributed by atoms with van der Waals surface area (Å²) in [6, 6.07) is 24.0. The fourth-order valence-electron chi connectivity index (χ4n) is 5.06. The van der Waals surface area contributed by atoms with Gasteiger partial charge in [-0.25, -0.2) is 4.79 Å². The van der Waals surface area contributed by atoms with Gasteiger partial charge in [-0.05, 0) is 64.9 Å². The van der Waals surface area contributed by atoms with Gasteiger partial charge in [-0.15, -0.1) is 0 Å². The van der Waals surface area contributed by atoms with Crippen LogP contribution in [0.25, 0.3) is 11.1 Å². The molecular formula is C26H25ClN2O2. The average Bonchev–Trinajstić information content (AvgIpc) is 3.34. The Labute approximate surface area is 187 Å². The van der Waals surface area contributed by atoms with Crippen LogP contribution < -0.4 is 4.90 Å². The molecule has 5 heteroatoms. The normalized spacial score (nSPS) is 20.7. The standard InChI is InChI=1S/C26H25ClN2O2/c27-23-9-5-18(6-10-23)25-4-2-1-3-20(25)13-28-14-21-16-29(17-22(21)15-28)24-11-7-19(8-12-24)26(30)31/h1-12,21-22H,13-17H2,(H,30,31)/t21-,22+. The highest BCUT2D eigenvalue weighted by Crippen LogP contribution is 2.35. The van der Waals surface area contributed by atoms with Crippen LogP contribution in [0, 0.1) is 11.8 Å². The number of aromatic carboxylic acids is 1. The minimum absolute atomic E-state index is 0.341. The summed E-state index contributed by atoms with van der Waals surface area (Å²) in [6.45, 7) is 5.23. The van der Waals surface area contributed by atoms with Crippen molar-refractivity contribution in [1.29, 1.82) is 0 Å². The maximum Gasteiger partial charge on any atom is 0.335 e. The number of carbonyl (C=O) groups is 1. The Balaban J connectivity index is 1.24. The predicted molar refractivity (Wildman–Crippen MR) is 125 cm³/mol. The van der Waals surface area contributed by atoms with Gasteiger partial charge in [0, 0.05) is 43.4 Å². The number of hydrogen-bond acceptors (Lipinski definition) is 3. The van der Waals surface area contributed by atoms with E-state index in [4.69, 9.17) is 16.7 Å². The lowest BCUT2D eigenvalue weighted by molar-refractivity contribution is 0.0697. The Morgan fingerprint density at radius 1 is 0.871 bits per heavy atom. The van der Waals surface area contributed by atoms with Crippen molar-refractivity contribution in [3.63, 3.8) is 0 Å². The number of rotatable bonds is 5. The maximum absolute atomic E-state index is 11.1. The number of halogens is 1. The first-order valence-corrected chi connectivity index (χ1v) is 11.1. The van der Waals surface area contributed by atoms with Gasteiger partial charge in [0.05, 0.1) is 5.56 Å². The third-order valence-electron chi connectivity index (χ3n) is 6.61. The van der Waals surface area contributed by atoms with Gasteiger partial charge < -0.3 is 10.0 Å². The van der Waals surface area contributed by atoms with Crippen LogP contribution in [0.5, 0.6) is 0 Å². The Bertz CT molecular complexity index is 1070. The number of anilines is 1. The van der Waals surface area contributed by atoms with Crippen LogP contribution >= 0.6 is 11.6 Å². The van der Waals surface area contributed by atoms with Gasteiger partial charge in [0.2, 0.25) is 0 Å². The van der Waals surface area contributed by atoms with E-state index in [-0.39, 0.29) is 0 Å². The van der Waals surface area contributed by atoms with Crippen molar-refractivity contribution >= 4 is 23.3 Å². The van der Waals surface area contributed by atoms with Crippen molar-refractivity contribution in [2.45, 2.75) is 6.54 Å². The summed E-state index contributed by atoms with van der Waals surface area (Å²) in [7, 11) is 0. The smallest absolute Gasteiger partial charge is 0.335 e. The van der Waals surface area contributed by atoms with Gasteiger partial charge in [-0.2, -0.15) is 0 Å². The first-order chi connectivity index (χ1) is 15.1. The summed E-state index contributed by atoms with van der Waals surface area (Å²) in [5, 5.41) is 9.86. The highest BCUT2D eigenvalue weighted by Gasteiger charge is 2.40. The number of carboxylic acids is 1. The second kappa shape index (κ2) is 8.37. The van der Waals surface area contributed by atoms with E-state index in [1.807, 2.05) is 24.3 Å². The quantitative estimate of drug-likeness (QED) is 0.596. The molecule has 158 valence electrons. The zero-order valence-electron chi connectivity index (χ0n) is 17.2. The van der Waals surface area contributed by atoms with Crippen LogP contribution in [0.3, 0.4) is 0 Å². The fourth-order valence-corrected chi connectivity index (χ4v) is 5.18. The third-order valence-corrected chi connectivity index (χ3v) is 6.86. The van der Waals surface area contributed by atoms with Gasteiger partial charge in [-0.3, -0.25) is 4.90 Å². The molecule has 31 heavy (non-hydrogen) atoms. The van der Waals surface area contributed by atoms with Crippen molar-refractivity contribution < 1.29 is 9.90 Å². The Morgan fingerprint density at radius 2 is 1.52 bits per heavy atom. The van der Waals surface area contributed by atoms with E-state index in [9.17, 15) is 4.79 Å². The molecule has 2 heterocycles. The molecule has 3 aromatic carbocycles. The molecule has 0 amide bonds. The molecule has 2 aliphatic heterocycles. The fraction of sp³-hybridized carbons (Fsp3) is 0.269. The highest BCUT2D eigenvalue weighted by molar-refractivity contribution is 6.30. The van der Waals surface area contributed by atoms with Gasteiger partial charge in [0.1, 0.15) is 0 Å². The van der Waals surface area contributed by atoms with Crippen LogP contribution in [0.15, 0.2) is 72.8 Å². The lowest BCUT2D eigenvalue weighted by Gasteiger charge is -2.24. The molecule has 4 nitrogen and oxygen atoms in total. The summed E-state index contributed by atoms with van der Waals surface area (Å²) in [5.74, 6) is 0.433. The first-order valence-electron chi connectivity index (χ1n) is 10.7. The number of hydrogen-bond donors (Lipinski definition) is 1. The largest absolute Gasteiger partial charge is 0.478 e. The van der Waals surface area contributed by atoms with Gasteiger partial charge in [0.15, 0.2) is 0 Å². The van der Waals surface area contributed by atoms with E-state index in [2.05, 4.69) is 46.2 Å². The number of likely N-dealkylation sites (tertiary alicyclic amines) is 1. The van der Waals surface area contributed by atoms with Crippen LogP contribution in [0.2, 0.25) is 5.02 Å². The Morgan fingerprint density at radius 3 is 2.16 bits per heavy atom. The van der Waals surface area contributed by atoms with Crippen LogP contribution in [-0.2, 0) is 6.54 Å². The lowest BCUT2D eigenvalue weighted by Crippen LogP contribution is -2.28. The number of nitrogens with zero attached hydrogens (tertiary/aromatic N) is 2.